The molecule has 1 aliphatic carbocycles. The maximum Gasteiger partial charge on any atom is 0.235 e. The van der Waals surface area contributed by atoms with E-state index in [0.717, 1.165) is 12.0 Å². The first-order valence-corrected chi connectivity index (χ1v) is 5.18. The van der Waals surface area contributed by atoms with Gasteiger partial charge < -0.3 is 5.11 Å². The summed E-state index contributed by atoms with van der Waals surface area (Å²) in [5.74, 6) is -1.06. The zero-order chi connectivity index (χ0) is 11.8. The van der Waals surface area contributed by atoms with Crippen molar-refractivity contribution >= 4 is 6.08 Å². The van der Waals surface area contributed by atoms with Crippen molar-refractivity contribution in [3.05, 3.63) is 29.1 Å². The number of nitrogens with zero attached hydrogens (tertiary/aromatic N) is 1. The fourth-order valence-corrected chi connectivity index (χ4v) is 2.13. The van der Waals surface area contributed by atoms with Crippen LogP contribution >= 0.6 is 0 Å². The number of carbonyl (C=O) groups excluding carboxylic acids is 1. The van der Waals surface area contributed by atoms with Crippen LogP contribution in [0.4, 0.5) is 4.39 Å². The lowest BCUT2D eigenvalue weighted by molar-refractivity contribution is 0.244. The zero-order valence-electron chi connectivity index (χ0n) is 8.96. The van der Waals surface area contributed by atoms with Crippen LogP contribution in [0.25, 0.3) is 0 Å². The van der Waals surface area contributed by atoms with Crippen LogP contribution in [-0.2, 0) is 10.3 Å². The maximum absolute atomic E-state index is 13.8. The van der Waals surface area contributed by atoms with Gasteiger partial charge in [-0.1, -0.05) is 6.07 Å². The molecule has 0 aliphatic heterocycles. The van der Waals surface area contributed by atoms with Gasteiger partial charge >= 0.3 is 0 Å². The van der Waals surface area contributed by atoms with Crippen molar-refractivity contribution in [1.82, 2.24) is 0 Å². The molecule has 0 heterocycles. The summed E-state index contributed by atoms with van der Waals surface area (Å²) in [4.78, 5) is 14.1. The Morgan fingerprint density at radius 2 is 2.19 bits per heavy atom. The quantitative estimate of drug-likeness (QED) is 0.616. The number of hydrogen-bond acceptors (Lipinski definition) is 3. The Morgan fingerprint density at radius 1 is 1.50 bits per heavy atom. The standard InChI is InChI=1S/C12H12FNO2/c1-8-5-9(11(13)10(16)6-8)12(14-7-15)3-2-4-12/h5-6,16H,2-4H2,1H3. The molecule has 1 aromatic rings. The molecular weight excluding hydrogens is 209 g/mol. The average Bonchev–Trinajstić information content (AvgIpc) is 2.17. The second-order valence-electron chi connectivity index (χ2n) is 4.23. The van der Waals surface area contributed by atoms with Crippen molar-refractivity contribution in [2.24, 2.45) is 4.99 Å². The molecule has 2 rings (SSSR count). The molecule has 1 aromatic carbocycles. The van der Waals surface area contributed by atoms with Crippen LogP contribution < -0.4 is 0 Å². The highest BCUT2D eigenvalue weighted by molar-refractivity contribution is 5.44. The third-order valence-corrected chi connectivity index (χ3v) is 3.14. The summed E-state index contributed by atoms with van der Waals surface area (Å²) in [6.45, 7) is 1.76. The molecule has 84 valence electrons. The van der Waals surface area contributed by atoms with Crippen LogP contribution in [-0.4, -0.2) is 11.2 Å². The first kappa shape index (κ1) is 10.8. The van der Waals surface area contributed by atoms with Crippen LogP contribution in [0.5, 0.6) is 5.75 Å². The van der Waals surface area contributed by atoms with Crippen molar-refractivity contribution in [3.8, 4) is 5.75 Å². The topological polar surface area (TPSA) is 49.7 Å². The van der Waals surface area contributed by atoms with Gasteiger partial charge in [-0.15, -0.1) is 0 Å². The second kappa shape index (κ2) is 3.72. The number of aromatic hydroxyl groups is 1. The van der Waals surface area contributed by atoms with Gasteiger partial charge in [0.25, 0.3) is 0 Å². The number of phenolic OH excluding ortho intramolecular Hbond substituents is 1. The van der Waals surface area contributed by atoms with E-state index in [1.54, 1.807) is 13.0 Å². The molecule has 0 saturated heterocycles. The summed E-state index contributed by atoms with van der Waals surface area (Å²) >= 11 is 0. The van der Waals surface area contributed by atoms with Gasteiger partial charge in [0.15, 0.2) is 11.6 Å². The highest BCUT2D eigenvalue weighted by Crippen LogP contribution is 2.47. The molecule has 1 saturated carbocycles. The molecule has 0 unspecified atom stereocenters. The molecular formula is C12H12FNO2. The Balaban J connectivity index is 2.58. The Bertz CT molecular complexity index is 474. The van der Waals surface area contributed by atoms with Crippen LogP contribution in [0.2, 0.25) is 0 Å². The fourth-order valence-electron chi connectivity index (χ4n) is 2.13. The Hall–Kier alpha value is -1.67. The molecule has 0 radical (unpaired) electrons. The minimum absolute atomic E-state index is 0.305. The number of aliphatic imine (C=N–C) groups is 1. The van der Waals surface area contributed by atoms with Gasteiger partial charge in [-0.3, -0.25) is 0 Å². The number of phenols is 1. The number of hydrogen-bond donors (Lipinski definition) is 1. The van der Waals surface area contributed by atoms with E-state index in [0.29, 0.717) is 18.4 Å². The maximum atomic E-state index is 13.8. The Labute approximate surface area is 92.6 Å². The fraction of sp³-hybridized carbons (Fsp3) is 0.417. The Kier molecular flexibility index (Phi) is 2.52. The molecule has 1 aliphatic rings. The number of aryl methyl sites for hydroxylation is 1. The van der Waals surface area contributed by atoms with E-state index in [1.807, 2.05) is 0 Å². The number of isocyanates is 1. The summed E-state index contributed by atoms with van der Waals surface area (Å²) in [5.41, 5.74) is 0.260. The molecule has 4 heteroatoms. The van der Waals surface area contributed by atoms with Crippen molar-refractivity contribution in [1.29, 1.82) is 0 Å². The molecule has 0 amide bonds. The largest absolute Gasteiger partial charge is 0.505 e. The average molecular weight is 221 g/mol. The smallest absolute Gasteiger partial charge is 0.235 e. The Morgan fingerprint density at radius 3 is 2.69 bits per heavy atom. The number of benzene rings is 1. The third kappa shape index (κ3) is 1.51. The van der Waals surface area contributed by atoms with Crippen LogP contribution in [0.1, 0.15) is 30.4 Å². The van der Waals surface area contributed by atoms with E-state index in [-0.39, 0.29) is 5.75 Å². The lowest BCUT2D eigenvalue weighted by atomic mass is 9.72. The molecule has 3 nitrogen and oxygen atoms in total. The van der Waals surface area contributed by atoms with Gasteiger partial charge in [0, 0.05) is 5.56 Å². The number of halogens is 1. The monoisotopic (exact) mass is 221 g/mol. The molecule has 0 bridgehead atoms. The van der Waals surface area contributed by atoms with Gasteiger partial charge in [0.05, 0.1) is 0 Å². The van der Waals surface area contributed by atoms with Crippen LogP contribution in [0, 0.1) is 12.7 Å². The summed E-state index contributed by atoms with van der Waals surface area (Å²) in [7, 11) is 0. The predicted molar refractivity (Wildman–Crippen MR) is 56.5 cm³/mol. The lowest BCUT2D eigenvalue weighted by Crippen LogP contribution is -2.33. The summed E-state index contributed by atoms with van der Waals surface area (Å²) in [5, 5.41) is 9.42. The molecule has 0 spiro atoms. The van der Waals surface area contributed by atoms with Gasteiger partial charge in [-0.25, -0.2) is 9.18 Å². The van der Waals surface area contributed by atoms with Gasteiger partial charge in [-0.05, 0) is 37.8 Å². The molecule has 16 heavy (non-hydrogen) atoms. The van der Waals surface area contributed by atoms with Crippen molar-refractivity contribution in [2.75, 3.05) is 0 Å². The predicted octanol–water partition coefficient (Wildman–Crippen LogP) is 2.55. The molecule has 0 atom stereocenters. The summed E-state index contributed by atoms with van der Waals surface area (Å²) in [6, 6.07) is 2.99. The first-order valence-electron chi connectivity index (χ1n) is 5.18. The first-order chi connectivity index (χ1) is 7.59. The summed E-state index contributed by atoms with van der Waals surface area (Å²) in [6.07, 6.45) is 3.66. The number of rotatable bonds is 2. The zero-order valence-corrected chi connectivity index (χ0v) is 8.96. The van der Waals surface area contributed by atoms with Gasteiger partial charge in [0.1, 0.15) is 5.54 Å². The van der Waals surface area contributed by atoms with E-state index in [1.165, 1.54) is 12.1 Å². The van der Waals surface area contributed by atoms with E-state index in [4.69, 9.17) is 0 Å². The van der Waals surface area contributed by atoms with Crippen molar-refractivity contribution in [2.45, 2.75) is 31.7 Å². The lowest BCUT2D eigenvalue weighted by Gasteiger charge is -2.37. The van der Waals surface area contributed by atoms with E-state index >= 15 is 0 Å². The van der Waals surface area contributed by atoms with Crippen LogP contribution in [0.15, 0.2) is 17.1 Å². The minimum Gasteiger partial charge on any atom is -0.505 e. The minimum atomic E-state index is -0.796. The molecule has 1 fully saturated rings. The molecule has 0 aromatic heterocycles. The van der Waals surface area contributed by atoms with Crippen LogP contribution in [0.3, 0.4) is 0 Å². The molecule has 1 N–H and O–H groups in total. The van der Waals surface area contributed by atoms with E-state index < -0.39 is 11.4 Å². The SMILES string of the molecule is Cc1cc(O)c(F)c(C2(N=C=O)CCC2)c1. The van der Waals surface area contributed by atoms with E-state index in [9.17, 15) is 14.3 Å². The second-order valence-corrected chi connectivity index (χ2v) is 4.23. The van der Waals surface area contributed by atoms with Gasteiger partial charge in [-0.2, -0.15) is 4.99 Å². The highest BCUT2D eigenvalue weighted by Gasteiger charge is 2.41. The summed E-state index contributed by atoms with van der Waals surface area (Å²) < 4.78 is 13.8. The highest BCUT2D eigenvalue weighted by atomic mass is 19.1. The van der Waals surface area contributed by atoms with E-state index in [2.05, 4.69) is 4.99 Å². The normalized spacial score (nSPS) is 17.4. The van der Waals surface area contributed by atoms with Crippen molar-refractivity contribution < 1.29 is 14.3 Å². The van der Waals surface area contributed by atoms with Gasteiger partial charge in [0.2, 0.25) is 6.08 Å². The third-order valence-electron chi connectivity index (χ3n) is 3.14. The van der Waals surface area contributed by atoms with Crippen molar-refractivity contribution in [3.63, 3.8) is 0 Å².